The molecular formula is C8H5F3N2O2S. The zero-order chi connectivity index (χ0) is 11.9. The number of phenolic OH excluding ortho intramolecular Hbond substituents is 1. The average Bonchev–Trinajstić information content (AvgIpc) is 2.42. The Hall–Kier alpha value is -1.70. The number of ether oxygens (including phenoxy) is 1. The van der Waals surface area contributed by atoms with Crippen LogP contribution in [0, 0.1) is 0 Å². The molecule has 0 unspecified atom stereocenters. The molecule has 0 aliphatic carbocycles. The Balaban J connectivity index is 2.49. The van der Waals surface area contributed by atoms with Crippen LogP contribution in [0.5, 0.6) is 11.5 Å². The van der Waals surface area contributed by atoms with E-state index >= 15 is 0 Å². The van der Waals surface area contributed by atoms with Gasteiger partial charge >= 0.3 is 6.36 Å². The molecule has 1 aromatic carbocycles. The maximum atomic E-state index is 11.9. The fourth-order valence-electron chi connectivity index (χ4n) is 1.20. The summed E-state index contributed by atoms with van der Waals surface area (Å²) in [7, 11) is 0. The fourth-order valence-corrected chi connectivity index (χ4v) is 1.98. The van der Waals surface area contributed by atoms with Crippen molar-refractivity contribution in [3.8, 4) is 11.5 Å². The number of aromatic nitrogens is 1. The van der Waals surface area contributed by atoms with Gasteiger partial charge in [-0.2, -0.15) is 0 Å². The van der Waals surface area contributed by atoms with E-state index in [0.717, 1.165) is 23.5 Å². The van der Waals surface area contributed by atoms with E-state index in [1.165, 1.54) is 0 Å². The van der Waals surface area contributed by atoms with Crippen LogP contribution in [0.4, 0.5) is 18.3 Å². The van der Waals surface area contributed by atoms with Crippen molar-refractivity contribution in [2.24, 2.45) is 0 Å². The monoisotopic (exact) mass is 250 g/mol. The van der Waals surface area contributed by atoms with Crippen LogP contribution in [0.1, 0.15) is 0 Å². The Bertz CT molecular complexity index is 538. The molecule has 0 atom stereocenters. The van der Waals surface area contributed by atoms with Gasteiger partial charge in [0.05, 0.1) is 4.70 Å². The van der Waals surface area contributed by atoms with Gasteiger partial charge in [-0.1, -0.05) is 11.3 Å². The molecular weight excluding hydrogens is 245 g/mol. The topological polar surface area (TPSA) is 68.4 Å². The smallest absolute Gasteiger partial charge is 0.505 e. The van der Waals surface area contributed by atoms with E-state index in [9.17, 15) is 18.3 Å². The molecule has 8 heteroatoms. The third-order valence-electron chi connectivity index (χ3n) is 1.70. The minimum Gasteiger partial charge on any atom is -0.505 e. The number of hydrogen-bond donors (Lipinski definition) is 2. The Labute approximate surface area is 91.1 Å². The first-order valence-corrected chi connectivity index (χ1v) is 4.81. The Morgan fingerprint density at radius 2 is 2.06 bits per heavy atom. The molecule has 2 aromatic rings. The minimum atomic E-state index is -4.80. The Kier molecular flexibility index (Phi) is 2.30. The van der Waals surface area contributed by atoms with Crippen molar-refractivity contribution in [1.82, 2.24) is 4.98 Å². The lowest BCUT2D eigenvalue weighted by Gasteiger charge is -2.08. The predicted octanol–water partition coefficient (Wildman–Crippen LogP) is 2.48. The third kappa shape index (κ3) is 2.11. The number of nitrogens with zero attached hydrogens (tertiary/aromatic N) is 1. The first-order valence-electron chi connectivity index (χ1n) is 4.00. The number of halogens is 3. The van der Waals surface area contributed by atoms with Crippen LogP contribution in [0.15, 0.2) is 12.1 Å². The standard InChI is InChI=1S/C8H5F3N2O2S/c9-8(10,11)15-3-1-4(14)6-5(2-3)16-7(12)13-6/h1-2,14H,(H2,12,13). The van der Waals surface area contributed by atoms with E-state index < -0.39 is 17.9 Å². The number of benzene rings is 1. The van der Waals surface area contributed by atoms with E-state index in [-0.39, 0.29) is 10.6 Å². The molecule has 0 bridgehead atoms. The van der Waals surface area contributed by atoms with Crippen LogP contribution < -0.4 is 10.5 Å². The molecule has 0 aliphatic rings. The van der Waals surface area contributed by atoms with E-state index in [1.807, 2.05) is 0 Å². The number of thiazole rings is 1. The summed E-state index contributed by atoms with van der Waals surface area (Å²) in [6, 6.07) is 1.96. The van der Waals surface area contributed by atoms with Gasteiger partial charge in [-0.05, 0) is 0 Å². The number of aromatic hydroxyl groups is 1. The van der Waals surface area contributed by atoms with Crippen molar-refractivity contribution in [2.45, 2.75) is 6.36 Å². The van der Waals surface area contributed by atoms with Crippen LogP contribution >= 0.6 is 11.3 Å². The molecule has 0 saturated heterocycles. The largest absolute Gasteiger partial charge is 0.573 e. The molecule has 2 rings (SSSR count). The summed E-state index contributed by atoms with van der Waals surface area (Å²) >= 11 is 0.966. The van der Waals surface area contributed by atoms with Crippen molar-refractivity contribution in [3.63, 3.8) is 0 Å². The van der Waals surface area contributed by atoms with Crippen LogP contribution in [0.25, 0.3) is 10.2 Å². The lowest BCUT2D eigenvalue weighted by atomic mass is 10.3. The molecule has 1 aromatic heterocycles. The number of fused-ring (bicyclic) bond motifs is 1. The summed E-state index contributed by atoms with van der Waals surface area (Å²) in [4.78, 5) is 3.76. The highest BCUT2D eigenvalue weighted by atomic mass is 32.1. The predicted molar refractivity (Wildman–Crippen MR) is 52.4 cm³/mol. The van der Waals surface area contributed by atoms with Gasteiger partial charge < -0.3 is 15.6 Å². The molecule has 3 N–H and O–H groups in total. The van der Waals surface area contributed by atoms with E-state index in [1.54, 1.807) is 0 Å². The van der Waals surface area contributed by atoms with E-state index in [0.29, 0.717) is 4.70 Å². The highest BCUT2D eigenvalue weighted by molar-refractivity contribution is 7.22. The van der Waals surface area contributed by atoms with Crippen molar-refractivity contribution in [2.75, 3.05) is 5.73 Å². The molecule has 0 amide bonds. The second-order valence-electron chi connectivity index (χ2n) is 2.89. The molecule has 86 valence electrons. The lowest BCUT2D eigenvalue weighted by molar-refractivity contribution is -0.274. The summed E-state index contributed by atoms with van der Waals surface area (Å²) in [6.07, 6.45) is -4.80. The molecule has 0 aliphatic heterocycles. The summed E-state index contributed by atoms with van der Waals surface area (Å²) in [5, 5.41) is 9.57. The first-order chi connectivity index (χ1) is 7.35. The molecule has 0 spiro atoms. The van der Waals surface area contributed by atoms with E-state index in [4.69, 9.17) is 5.73 Å². The van der Waals surface area contributed by atoms with Crippen LogP contribution in [-0.4, -0.2) is 16.5 Å². The van der Waals surface area contributed by atoms with Gasteiger partial charge in [0.15, 0.2) is 5.13 Å². The lowest BCUT2D eigenvalue weighted by Crippen LogP contribution is -2.16. The van der Waals surface area contributed by atoms with Crippen LogP contribution in [0.3, 0.4) is 0 Å². The number of alkyl halides is 3. The Morgan fingerprint density at radius 1 is 1.38 bits per heavy atom. The molecule has 0 fully saturated rings. The molecule has 4 nitrogen and oxygen atoms in total. The number of anilines is 1. The van der Waals surface area contributed by atoms with Crippen LogP contribution in [0.2, 0.25) is 0 Å². The number of nitrogens with two attached hydrogens (primary N) is 1. The minimum absolute atomic E-state index is 0.162. The average molecular weight is 250 g/mol. The maximum Gasteiger partial charge on any atom is 0.573 e. The second kappa shape index (κ2) is 3.41. The highest BCUT2D eigenvalue weighted by Gasteiger charge is 2.31. The second-order valence-corrected chi connectivity index (χ2v) is 3.95. The third-order valence-corrected chi connectivity index (χ3v) is 2.53. The summed E-state index contributed by atoms with van der Waals surface area (Å²) in [5.74, 6) is -0.897. The summed E-state index contributed by atoms with van der Waals surface area (Å²) < 4.78 is 39.8. The highest BCUT2D eigenvalue weighted by Crippen LogP contribution is 2.36. The fraction of sp³-hybridized carbons (Fsp3) is 0.125. The van der Waals surface area contributed by atoms with Gasteiger partial charge in [0.2, 0.25) is 0 Å². The summed E-state index contributed by atoms with van der Waals surface area (Å²) in [5.41, 5.74) is 5.53. The molecule has 0 radical (unpaired) electrons. The number of hydrogen-bond acceptors (Lipinski definition) is 5. The molecule has 0 saturated carbocycles. The van der Waals surface area contributed by atoms with Crippen LogP contribution in [-0.2, 0) is 0 Å². The molecule has 16 heavy (non-hydrogen) atoms. The normalized spacial score (nSPS) is 11.9. The van der Waals surface area contributed by atoms with Gasteiger partial charge in [-0.3, -0.25) is 0 Å². The van der Waals surface area contributed by atoms with Crippen molar-refractivity contribution < 1.29 is 23.0 Å². The van der Waals surface area contributed by atoms with Gasteiger partial charge in [-0.25, -0.2) is 4.98 Å². The first kappa shape index (κ1) is 10.8. The van der Waals surface area contributed by atoms with E-state index in [2.05, 4.69) is 9.72 Å². The van der Waals surface area contributed by atoms with Gasteiger partial charge in [0.1, 0.15) is 17.0 Å². The molecule has 1 heterocycles. The van der Waals surface area contributed by atoms with Gasteiger partial charge in [0.25, 0.3) is 0 Å². The van der Waals surface area contributed by atoms with Crippen molar-refractivity contribution in [3.05, 3.63) is 12.1 Å². The van der Waals surface area contributed by atoms with Gasteiger partial charge in [0, 0.05) is 12.1 Å². The van der Waals surface area contributed by atoms with Gasteiger partial charge in [-0.15, -0.1) is 13.2 Å². The number of nitrogen functional groups attached to an aromatic ring is 1. The SMILES string of the molecule is Nc1nc2c(O)cc(OC(F)(F)F)cc2s1. The van der Waals surface area contributed by atoms with Crippen molar-refractivity contribution in [1.29, 1.82) is 0 Å². The Morgan fingerprint density at radius 3 is 2.69 bits per heavy atom. The van der Waals surface area contributed by atoms with Crippen molar-refractivity contribution >= 4 is 26.7 Å². The quantitative estimate of drug-likeness (QED) is 0.815. The number of rotatable bonds is 1. The zero-order valence-corrected chi connectivity index (χ0v) is 8.39. The zero-order valence-electron chi connectivity index (χ0n) is 7.58. The summed E-state index contributed by atoms with van der Waals surface area (Å²) in [6.45, 7) is 0. The maximum absolute atomic E-state index is 11.9. The number of phenols is 1.